The summed E-state index contributed by atoms with van der Waals surface area (Å²) in [4.78, 5) is 18.4. The van der Waals surface area contributed by atoms with Gasteiger partial charge in [0.1, 0.15) is 24.0 Å². The summed E-state index contributed by atoms with van der Waals surface area (Å²) in [7, 11) is -2.30. The van der Waals surface area contributed by atoms with Crippen LogP contribution in [0.25, 0.3) is 0 Å². The summed E-state index contributed by atoms with van der Waals surface area (Å²) in [6.45, 7) is 13.0. The number of aliphatic hydroxyl groups is 1. The Labute approximate surface area is 291 Å². The molecule has 1 aliphatic rings. The Bertz CT molecular complexity index is 1750. The average Bonchev–Trinajstić information content (AvgIpc) is 3.79. The van der Waals surface area contributed by atoms with E-state index in [0.717, 1.165) is 16.3 Å². The van der Waals surface area contributed by atoms with E-state index in [1.165, 1.54) is 18.7 Å². The van der Waals surface area contributed by atoms with Crippen LogP contribution in [0.15, 0.2) is 60.7 Å². The molecule has 4 atom stereocenters. The number of sulfonamides is 1. The molecule has 0 radical (unpaired) electrons. The molecule has 0 saturated heterocycles. The lowest BCUT2D eigenvalue weighted by Gasteiger charge is -2.26. The number of carbonyl (C=O) groups excluding carboxylic acids is 1. The number of nitrogens with zero attached hydrogens (tertiary/aromatic N) is 3. The molecule has 0 bridgehead atoms. The van der Waals surface area contributed by atoms with Crippen LogP contribution in [0.4, 0.5) is 11.6 Å². The molecule has 49 heavy (non-hydrogen) atoms. The van der Waals surface area contributed by atoms with Gasteiger partial charge in [-0.3, -0.25) is 9.10 Å². The molecule has 11 nitrogen and oxygen atoms in total. The first-order valence-corrected chi connectivity index (χ1v) is 18.2. The molecule has 3 aromatic rings. The number of ether oxygens (including phenoxy) is 1. The van der Waals surface area contributed by atoms with Gasteiger partial charge in [0.25, 0.3) is 5.91 Å². The number of pyridine rings is 1. The fourth-order valence-electron chi connectivity index (χ4n) is 5.26. The maximum atomic E-state index is 13.8. The van der Waals surface area contributed by atoms with Crippen molar-refractivity contribution in [3.8, 4) is 11.8 Å². The van der Waals surface area contributed by atoms with Crippen LogP contribution in [-0.4, -0.2) is 68.6 Å². The second-order valence-electron chi connectivity index (χ2n) is 14.2. The molecule has 0 aliphatic heterocycles. The SMILES string of the molecule is CC1CC1CNc1cc(C(=O)NC(COc2cccc(C#N)c2)C(O)CNCc2cccc(C(C)(C)C)c2)cc(N(C)S(=O)(=O)C(C)C)n1. The number of aromatic nitrogens is 1. The van der Waals surface area contributed by atoms with E-state index in [0.29, 0.717) is 42.1 Å². The quantitative estimate of drug-likeness (QED) is 0.166. The van der Waals surface area contributed by atoms with Crippen molar-refractivity contribution in [2.75, 3.05) is 36.4 Å². The van der Waals surface area contributed by atoms with Crippen molar-refractivity contribution in [2.24, 2.45) is 11.8 Å². The van der Waals surface area contributed by atoms with Crippen LogP contribution in [0.3, 0.4) is 0 Å². The predicted molar refractivity (Wildman–Crippen MR) is 193 cm³/mol. The first-order valence-electron chi connectivity index (χ1n) is 16.7. The Hall–Kier alpha value is -4.18. The highest BCUT2D eigenvalue weighted by molar-refractivity contribution is 7.93. The highest BCUT2D eigenvalue weighted by Gasteiger charge is 2.32. The minimum Gasteiger partial charge on any atom is -0.491 e. The highest BCUT2D eigenvalue weighted by atomic mass is 32.2. The molecule has 0 spiro atoms. The Morgan fingerprint density at radius 1 is 1.14 bits per heavy atom. The van der Waals surface area contributed by atoms with E-state index in [4.69, 9.17) is 4.74 Å². The fraction of sp³-hybridized carbons (Fsp3) is 0.486. The molecule has 1 heterocycles. The summed E-state index contributed by atoms with van der Waals surface area (Å²) in [5.74, 6) is 1.46. The van der Waals surface area contributed by atoms with Gasteiger partial charge in [-0.1, -0.05) is 58.0 Å². The van der Waals surface area contributed by atoms with Crippen molar-refractivity contribution in [2.45, 2.75) is 77.3 Å². The van der Waals surface area contributed by atoms with Gasteiger partial charge in [0.05, 0.1) is 29.0 Å². The summed E-state index contributed by atoms with van der Waals surface area (Å²) in [6, 6.07) is 19.1. The van der Waals surface area contributed by atoms with E-state index < -0.39 is 33.3 Å². The monoisotopic (exact) mass is 690 g/mol. The molecule has 1 aliphatic carbocycles. The molecule has 1 aromatic heterocycles. The van der Waals surface area contributed by atoms with Crippen molar-refractivity contribution in [1.29, 1.82) is 5.26 Å². The van der Waals surface area contributed by atoms with Gasteiger partial charge in [-0.05, 0) is 79.0 Å². The van der Waals surface area contributed by atoms with Crippen LogP contribution in [0.2, 0.25) is 0 Å². The number of carbonyl (C=O) groups is 1. The smallest absolute Gasteiger partial charge is 0.251 e. The summed E-state index contributed by atoms with van der Waals surface area (Å²) in [5, 5.41) is 29.5. The molecular formula is C37H50N6O5S. The maximum absolute atomic E-state index is 13.8. The number of rotatable bonds is 16. The van der Waals surface area contributed by atoms with Crippen molar-refractivity contribution in [3.05, 3.63) is 82.9 Å². The minimum absolute atomic E-state index is 0.00258. The molecule has 12 heteroatoms. The van der Waals surface area contributed by atoms with Crippen LogP contribution < -0.4 is 25.0 Å². The van der Waals surface area contributed by atoms with Crippen molar-refractivity contribution < 1.29 is 23.1 Å². The Morgan fingerprint density at radius 2 is 1.86 bits per heavy atom. The van der Waals surface area contributed by atoms with Gasteiger partial charge in [-0.2, -0.15) is 5.26 Å². The van der Waals surface area contributed by atoms with Crippen molar-refractivity contribution in [1.82, 2.24) is 15.6 Å². The third-order valence-electron chi connectivity index (χ3n) is 8.84. The van der Waals surface area contributed by atoms with E-state index in [9.17, 15) is 23.6 Å². The summed E-state index contributed by atoms with van der Waals surface area (Å²) in [5.41, 5.74) is 2.86. The highest BCUT2D eigenvalue weighted by Crippen LogP contribution is 2.37. The van der Waals surface area contributed by atoms with E-state index in [1.807, 2.05) is 12.1 Å². The molecule has 4 N–H and O–H groups in total. The zero-order valence-corrected chi connectivity index (χ0v) is 30.3. The van der Waals surface area contributed by atoms with Crippen molar-refractivity contribution >= 4 is 27.6 Å². The van der Waals surface area contributed by atoms with E-state index in [2.05, 4.69) is 66.8 Å². The predicted octanol–water partition coefficient (Wildman–Crippen LogP) is 4.82. The van der Waals surface area contributed by atoms with Gasteiger partial charge in [-0.15, -0.1) is 0 Å². The third-order valence-corrected chi connectivity index (χ3v) is 11.0. The Morgan fingerprint density at radius 3 is 2.51 bits per heavy atom. The minimum atomic E-state index is -3.72. The van der Waals surface area contributed by atoms with Crippen LogP contribution in [0.5, 0.6) is 5.75 Å². The fourth-order valence-corrected chi connectivity index (χ4v) is 6.25. The topological polar surface area (TPSA) is 157 Å². The number of benzene rings is 2. The lowest BCUT2D eigenvalue weighted by atomic mass is 9.86. The van der Waals surface area contributed by atoms with Crippen LogP contribution in [0, 0.1) is 23.2 Å². The molecule has 1 saturated carbocycles. The molecule has 2 aromatic carbocycles. The molecule has 1 fully saturated rings. The average molecular weight is 691 g/mol. The number of amides is 1. The second kappa shape index (κ2) is 16.0. The summed E-state index contributed by atoms with van der Waals surface area (Å²) >= 11 is 0. The van der Waals surface area contributed by atoms with Gasteiger partial charge < -0.3 is 25.8 Å². The molecular weight excluding hydrogens is 641 g/mol. The first-order chi connectivity index (χ1) is 23.1. The van der Waals surface area contributed by atoms with Gasteiger partial charge in [0.2, 0.25) is 10.0 Å². The number of anilines is 2. The largest absolute Gasteiger partial charge is 0.491 e. The Kier molecular flexibility index (Phi) is 12.3. The summed E-state index contributed by atoms with van der Waals surface area (Å²) < 4.78 is 33.1. The summed E-state index contributed by atoms with van der Waals surface area (Å²) in [6.07, 6.45) is 0.0299. The molecule has 264 valence electrons. The van der Waals surface area contributed by atoms with Gasteiger partial charge in [0, 0.05) is 32.2 Å². The van der Waals surface area contributed by atoms with Gasteiger partial charge >= 0.3 is 0 Å². The number of hydrogen-bond donors (Lipinski definition) is 4. The lowest BCUT2D eigenvalue weighted by molar-refractivity contribution is 0.0733. The number of aliphatic hydroxyl groups excluding tert-OH is 1. The zero-order chi connectivity index (χ0) is 35.9. The number of nitriles is 1. The van der Waals surface area contributed by atoms with Crippen LogP contribution in [-0.2, 0) is 22.0 Å². The maximum Gasteiger partial charge on any atom is 0.251 e. The number of nitrogens with one attached hydrogen (secondary N) is 3. The lowest BCUT2D eigenvalue weighted by Crippen LogP contribution is -2.50. The van der Waals surface area contributed by atoms with E-state index in [1.54, 1.807) is 44.2 Å². The standard InChI is InChI=1S/C37H50N6O5S/c1-24(2)49(46,47)43(7)35-18-28(17-34(42-35)40-21-29-14-25(29)3)36(45)41-32(23-48-31-13-9-10-26(16-31)19-38)33(44)22-39-20-27-11-8-12-30(15-27)37(4,5)6/h8-13,15-18,24-25,29,32-33,39,44H,14,20-23H2,1-7H3,(H,40,42)(H,41,45). The second-order valence-corrected chi connectivity index (χ2v) is 16.7. The van der Waals surface area contributed by atoms with E-state index in [-0.39, 0.29) is 29.9 Å². The number of hydrogen-bond acceptors (Lipinski definition) is 9. The van der Waals surface area contributed by atoms with E-state index >= 15 is 0 Å². The molecule has 4 unspecified atom stereocenters. The van der Waals surface area contributed by atoms with Crippen LogP contribution >= 0.6 is 0 Å². The van der Waals surface area contributed by atoms with Crippen LogP contribution in [0.1, 0.15) is 75.0 Å². The zero-order valence-electron chi connectivity index (χ0n) is 29.5. The first kappa shape index (κ1) is 37.6. The van der Waals surface area contributed by atoms with Crippen molar-refractivity contribution in [3.63, 3.8) is 0 Å². The normalized spacial score (nSPS) is 17.1. The molecule has 4 rings (SSSR count). The van der Waals surface area contributed by atoms with Gasteiger partial charge in [0.15, 0.2) is 0 Å². The molecule has 1 amide bonds. The third kappa shape index (κ3) is 10.4. The van der Waals surface area contributed by atoms with Gasteiger partial charge in [-0.25, -0.2) is 13.4 Å². The Balaban J connectivity index is 1.55.